The summed E-state index contributed by atoms with van der Waals surface area (Å²) in [5.41, 5.74) is 7.85. The van der Waals surface area contributed by atoms with Crippen LogP contribution in [0.1, 0.15) is 5.56 Å². The molecule has 0 radical (unpaired) electrons. The van der Waals surface area contributed by atoms with E-state index in [0.29, 0.717) is 5.69 Å². The molecular weight excluding hydrogens is 273 g/mol. The third-order valence-electron chi connectivity index (χ3n) is 2.50. The van der Waals surface area contributed by atoms with Gasteiger partial charge in [0.05, 0.1) is 5.56 Å². The lowest BCUT2D eigenvalue weighted by Crippen LogP contribution is -2.12. The van der Waals surface area contributed by atoms with Crippen molar-refractivity contribution in [3.8, 4) is 0 Å². The molecule has 0 atom stereocenters. The van der Waals surface area contributed by atoms with Crippen LogP contribution in [0.4, 0.5) is 36.2 Å². The Hall–Kier alpha value is -2.55. The topological polar surface area (TPSA) is 102 Å². The Balaban J connectivity index is 2.23. The first kappa shape index (κ1) is 13.9. The number of aromatic nitrogens is 2. The van der Waals surface area contributed by atoms with Crippen LogP contribution in [0.3, 0.4) is 0 Å². The van der Waals surface area contributed by atoms with Crippen molar-refractivity contribution in [3.63, 3.8) is 0 Å². The maximum Gasteiger partial charge on any atom is 0.416 e. The number of nitrogens with zero attached hydrogens (tertiary/aromatic N) is 2. The highest BCUT2D eigenvalue weighted by Gasteiger charge is 2.29. The predicted molar refractivity (Wildman–Crippen MR) is 69.0 cm³/mol. The van der Waals surface area contributed by atoms with Crippen LogP contribution in [0, 0.1) is 0 Å². The minimum atomic E-state index is -4.37. The zero-order chi connectivity index (χ0) is 14.8. The van der Waals surface area contributed by atoms with Crippen molar-refractivity contribution in [3.05, 3.63) is 36.2 Å². The number of benzene rings is 1. The lowest BCUT2D eigenvalue weighted by atomic mass is 10.2. The molecule has 0 saturated heterocycles. The first-order valence-electron chi connectivity index (χ1n) is 5.43. The third-order valence-corrected chi connectivity index (χ3v) is 2.50. The Kier molecular flexibility index (Phi) is 3.61. The summed E-state index contributed by atoms with van der Waals surface area (Å²) in [6.07, 6.45) is -3.15. The second kappa shape index (κ2) is 5.21. The molecular formula is C11H11F3N6. The summed E-state index contributed by atoms with van der Waals surface area (Å²) >= 11 is 0. The van der Waals surface area contributed by atoms with Crippen LogP contribution < -0.4 is 22.3 Å². The van der Waals surface area contributed by atoms with Crippen molar-refractivity contribution in [2.75, 3.05) is 16.5 Å². The second-order valence-electron chi connectivity index (χ2n) is 3.83. The fraction of sp³-hybridized carbons (Fsp3) is 0.0909. The quantitative estimate of drug-likeness (QED) is 0.508. The van der Waals surface area contributed by atoms with Crippen molar-refractivity contribution < 1.29 is 13.2 Å². The van der Waals surface area contributed by atoms with Gasteiger partial charge in [-0.25, -0.2) is 15.8 Å². The summed E-state index contributed by atoms with van der Waals surface area (Å²) in [5.74, 6) is 5.67. The lowest BCUT2D eigenvalue weighted by Gasteiger charge is -2.11. The van der Waals surface area contributed by atoms with E-state index in [0.717, 1.165) is 12.1 Å². The number of halogens is 3. The normalized spacial score (nSPS) is 11.2. The molecule has 20 heavy (non-hydrogen) atoms. The van der Waals surface area contributed by atoms with Crippen LogP contribution in [0.25, 0.3) is 0 Å². The van der Waals surface area contributed by atoms with Crippen LogP contribution in [-0.4, -0.2) is 9.97 Å². The molecule has 0 aliphatic carbocycles. The molecule has 0 aliphatic rings. The van der Waals surface area contributed by atoms with Crippen LogP contribution in [0.5, 0.6) is 0 Å². The second-order valence-corrected chi connectivity index (χ2v) is 3.83. The zero-order valence-corrected chi connectivity index (χ0v) is 10.1. The van der Waals surface area contributed by atoms with E-state index in [4.69, 9.17) is 11.6 Å². The molecule has 6 nitrogen and oxygen atoms in total. The molecule has 6 N–H and O–H groups in total. The predicted octanol–water partition coefficient (Wildman–Crippen LogP) is 2.11. The number of alkyl halides is 3. The minimum absolute atomic E-state index is 0.162. The van der Waals surface area contributed by atoms with Gasteiger partial charge in [0.1, 0.15) is 12.0 Å². The molecule has 0 saturated carbocycles. The molecule has 2 aromatic rings. The van der Waals surface area contributed by atoms with Gasteiger partial charge in [0.15, 0.2) is 11.6 Å². The van der Waals surface area contributed by atoms with Crippen LogP contribution in [0.15, 0.2) is 30.6 Å². The molecule has 1 heterocycles. The third kappa shape index (κ3) is 2.88. The number of rotatable bonds is 3. The average Bonchev–Trinajstić information content (AvgIpc) is 2.41. The van der Waals surface area contributed by atoms with E-state index in [9.17, 15) is 13.2 Å². The molecule has 2 rings (SSSR count). The van der Waals surface area contributed by atoms with Crippen molar-refractivity contribution >= 4 is 23.0 Å². The fourth-order valence-corrected chi connectivity index (χ4v) is 1.49. The van der Waals surface area contributed by atoms with Gasteiger partial charge in [0.25, 0.3) is 0 Å². The van der Waals surface area contributed by atoms with Crippen LogP contribution in [-0.2, 0) is 6.18 Å². The van der Waals surface area contributed by atoms with Gasteiger partial charge in [-0.15, -0.1) is 0 Å². The van der Waals surface area contributed by atoms with Gasteiger partial charge in [-0.05, 0) is 24.3 Å². The summed E-state index contributed by atoms with van der Waals surface area (Å²) in [4.78, 5) is 7.67. The molecule has 0 fully saturated rings. The summed E-state index contributed by atoms with van der Waals surface area (Å²) in [5, 5.41) is 2.79. The van der Waals surface area contributed by atoms with Crippen LogP contribution >= 0.6 is 0 Å². The Morgan fingerprint density at radius 2 is 1.60 bits per heavy atom. The number of hydrogen-bond acceptors (Lipinski definition) is 6. The van der Waals surface area contributed by atoms with Crippen molar-refractivity contribution in [2.24, 2.45) is 5.84 Å². The molecule has 1 aromatic heterocycles. The van der Waals surface area contributed by atoms with Gasteiger partial charge in [-0.2, -0.15) is 13.2 Å². The summed E-state index contributed by atoms with van der Waals surface area (Å²) in [6, 6.07) is 4.48. The van der Waals surface area contributed by atoms with E-state index in [2.05, 4.69) is 20.7 Å². The van der Waals surface area contributed by atoms with Gasteiger partial charge in [0.2, 0.25) is 0 Å². The Morgan fingerprint density at radius 1 is 1.00 bits per heavy atom. The molecule has 0 spiro atoms. The molecule has 0 bridgehead atoms. The molecule has 0 unspecified atom stereocenters. The maximum atomic E-state index is 12.4. The fourth-order valence-electron chi connectivity index (χ4n) is 1.49. The molecule has 1 aromatic carbocycles. The van der Waals surface area contributed by atoms with Crippen LogP contribution in [0.2, 0.25) is 0 Å². The number of hydrazine groups is 1. The minimum Gasteiger partial charge on any atom is -0.393 e. The standard InChI is InChI=1S/C11H11F3N6/c12-11(13,14)6-1-3-7(4-2-6)19-9-8(15)10(20-16)18-5-17-9/h1-5H,15-16H2,(H2,17,18,19,20). The molecule has 9 heteroatoms. The average molecular weight is 284 g/mol. The molecule has 0 amide bonds. The van der Waals surface area contributed by atoms with Crippen molar-refractivity contribution in [1.82, 2.24) is 9.97 Å². The smallest absolute Gasteiger partial charge is 0.393 e. The number of nitrogens with two attached hydrogens (primary N) is 2. The van der Waals surface area contributed by atoms with Gasteiger partial charge in [-0.1, -0.05) is 0 Å². The zero-order valence-electron chi connectivity index (χ0n) is 10.1. The molecule has 0 aliphatic heterocycles. The van der Waals surface area contributed by atoms with Crippen molar-refractivity contribution in [2.45, 2.75) is 6.18 Å². The first-order valence-corrected chi connectivity index (χ1v) is 5.43. The SMILES string of the molecule is NNc1ncnc(Nc2ccc(C(F)(F)F)cc2)c1N. The number of nitrogens with one attached hydrogen (secondary N) is 2. The Labute approximate surface area is 112 Å². The maximum absolute atomic E-state index is 12.4. The lowest BCUT2D eigenvalue weighted by molar-refractivity contribution is -0.137. The van der Waals surface area contributed by atoms with E-state index >= 15 is 0 Å². The summed E-state index contributed by atoms with van der Waals surface area (Å²) in [6.45, 7) is 0. The van der Waals surface area contributed by atoms with Gasteiger partial charge < -0.3 is 16.5 Å². The number of hydrogen-bond donors (Lipinski definition) is 4. The Bertz CT molecular complexity index is 596. The number of anilines is 4. The summed E-state index contributed by atoms with van der Waals surface area (Å²) < 4.78 is 37.3. The largest absolute Gasteiger partial charge is 0.416 e. The Morgan fingerprint density at radius 3 is 2.15 bits per heavy atom. The van der Waals surface area contributed by atoms with E-state index in [1.165, 1.54) is 18.5 Å². The van der Waals surface area contributed by atoms with Gasteiger partial charge in [-0.3, -0.25) is 0 Å². The highest BCUT2D eigenvalue weighted by molar-refractivity contribution is 5.77. The van der Waals surface area contributed by atoms with E-state index in [-0.39, 0.29) is 17.3 Å². The van der Waals surface area contributed by atoms with E-state index in [1.54, 1.807) is 0 Å². The molecule has 106 valence electrons. The van der Waals surface area contributed by atoms with Gasteiger partial charge in [0, 0.05) is 5.69 Å². The number of nitrogen functional groups attached to an aromatic ring is 2. The highest BCUT2D eigenvalue weighted by Crippen LogP contribution is 2.31. The highest BCUT2D eigenvalue weighted by atomic mass is 19.4. The monoisotopic (exact) mass is 284 g/mol. The van der Waals surface area contributed by atoms with Crippen molar-refractivity contribution in [1.29, 1.82) is 0 Å². The van der Waals surface area contributed by atoms with E-state index in [1.807, 2.05) is 0 Å². The summed E-state index contributed by atoms with van der Waals surface area (Å²) in [7, 11) is 0. The first-order chi connectivity index (χ1) is 9.41. The van der Waals surface area contributed by atoms with Gasteiger partial charge >= 0.3 is 6.18 Å². The van der Waals surface area contributed by atoms with E-state index < -0.39 is 11.7 Å².